The van der Waals surface area contributed by atoms with Crippen molar-refractivity contribution in [3.8, 4) is 5.75 Å². The summed E-state index contributed by atoms with van der Waals surface area (Å²) < 4.78 is 44.7. The molecule has 0 radical (unpaired) electrons. The Morgan fingerprint density at radius 3 is 2.68 bits per heavy atom. The number of hydrogen-bond acceptors (Lipinski definition) is 3. The second-order valence-corrected chi connectivity index (χ2v) is 5.93. The van der Waals surface area contributed by atoms with Crippen molar-refractivity contribution in [2.45, 2.75) is 13.1 Å². The predicted molar refractivity (Wildman–Crippen MR) is 91.6 cm³/mol. The van der Waals surface area contributed by atoms with E-state index in [-0.39, 0.29) is 12.2 Å². The van der Waals surface area contributed by atoms with E-state index in [0.29, 0.717) is 5.75 Å². The fraction of sp³-hybridized carbons (Fsp3) is 0.176. The Labute approximate surface area is 150 Å². The molecular formula is C17H14BrF3N2O2. The van der Waals surface area contributed by atoms with E-state index in [1.54, 1.807) is 18.2 Å². The van der Waals surface area contributed by atoms with Crippen molar-refractivity contribution in [1.29, 1.82) is 0 Å². The molecule has 4 nitrogen and oxygen atoms in total. The molecule has 1 N–H and O–H groups in total. The predicted octanol–water partition coefficient (Wildman–Crippen LogP) is 4.31. The summed E-state index contributed by atoms with van der Waals surface area (Å²) in [6, 6.07) is 10.2. The summed E-state index contributed by atoms with van der Waals surface area (Å²) in [4.78, 5) is 11.7. The molecule has 1 amide bonds. The van der Waals surface area contributed by atoms with Crippen LogP contribution in [0.2, 0.25) is 0 Å². The van der Waals surface area contributed by atoms with Crippen molar-refractivity contribution in [3.63, 3.8) is 0 Å². The highest BCUT2D eigenvalue weighted by atomic mass is 79.9. The number of benzene rings is 2. The van der Waals surface area contributed by atoms with Crippen LogP contribution in [0.5, 0.6) is 5.75 Å². The molecule has 0 saturated heterocycles. The minimum Gasteiger partial charge on any atom is -0.484 e. The number of nitrogens with zero attached hydrogens (tertiary/aromatic N) is 1. The Morgan fingerprint density at radius 1 is 1.28 bits per heavy atom. The Morgan fingerprint density at radius 2 is 2.00 bits per heavy atom. The van der Waals surface area contributed by atoms with Crippen LogP contribution >= 0.6 is 15.9 Å². The number of hydrazone groups is 1. The summed E-state index contributed by atoms with van der Waals surface area (Å²) in [6.07, 6.45) is -3.54. The van der Waals surface area contributed by atoms with Gasteiger partial charge in [0, 0.05) is 10.0 Å². The maximum atomic E-state index is 12.8. The van der Waals surface area contributed by atoms with E-state index in [0.717, 1.165) is 22.3 Å². The van der Waals surface area contributed by atoms with E-state index < -0.39 is 17.6 Å². The number of carbonyl (C=O) groups is 1. The first kappa shape index (κ1) is 19.0. The lowest BCUT2D eigenvalue weighted by molar-refractivity contribution is -0.137. The second kappa shape index (κ2) is 8.15. The molecule has 2 aromatic rings. The van der Waals surface area contributed by atoms with Gasteiger partial charge in [-0.25, -0.2) is 5.43 Å². The number of amides is 1. The SMILES string of the molecule is Cc1cc(OCC(=O)N/N=C/c2ccccc2C(F)(F)F)ccc1Br. The van der Waals surface area contributed by atoms with Crippen LogP contribution in [0.25, 0.3) is 0 Å². The normalized spacial score (nSPS) is 11.6. The number of hydrogen-bond donors (Lipinski definition) is 1. The molecule has 25 heavy (non-hydrogen) atoms. The van der Waals surface area contributed by atoms with Crippen LogP contribution in [-0.4, -0.2) is 18.7 Å². The number of carbonyl (C=O) groups excluding carboxylic acids is 1. The van der Waals surface area contributed by atoms with Crippen LogP contribution in [-0.2, 0) is 11.0 Å². The molecule has 0 saturated carbocycles. The minimum absolute atomic E-state index is 0.139. The van der Waals surface area contributed by atoms with Gasteiger partial charge in [-0.05, 0) is 36.8 Å². The van der Waals surface area contributed by atoms with Gasteiger partial charge in [0.2, 0.25) is 0 Å². The Balaban J connectivity index is 1.92. The maximum Gasteiger partial charge on any atom is 0.417 e. The monoisotopic (exact) mass is 414 g/mol. The molecule has 0 atom stereocenters. The van der Waals surface area contributed by atoms with Gasteiger partial charge >= 0.3 is 6.18 Å². The van der Waals surface area contributed by atoms with Crippen LogP contribution in [0.1, 0.15) is 16.7 Å². The van der Waals surface area contributed by atoms with Gasteiger partial charge in [-0.15, -0.1) is 0 Å². The van der Waals surface area contributed by atoms with Crippen LogP contribution in [0.3, 0.4) is 0 Å². The van der Waals surface area contributed by atoms with Gasteiger partial charge in [0.05, 0.1) is 11.8 Å². The standard InChI is InChI=1S/C17H14BrF3N2O2/c1-11-8-13(6-7-15(11)18)25-10-16(24)23-22-9-12-4-2-3-5-14(12)17(19,20)21/h2-9H,10H2,1H3,(H,23,24)/b22-9+. The van der Waals surface area contributed by atoms with E-state index in [4.69, 9.17) is 4.74 Å². The van der Waals surface area contributed by atoms with Crippen LogP contribution < -0.4 is 10.2 Å². The third kappa shape index (κ3) is 5.60. The van der Waals surface area contributed by atoms with E-state index in [2.05, 4.69) is 26.5 Å². The molecule has 0 aliphatic carbocycles. The van der Waals surface area contributed by atoms with Crippen molar-refractivity contribution in [2.24, 2.45) is 5.10 Å². The van der Waals surface area contributed by atoms with E-state index in [1.807, 2.05) is 6.92 Å². The fourth-order valence-corrected chi connectivity index (χ4v) is 2.18. The molecule has 0 aliphatic rings. The first-order chi connectivity index (χ1) is 11.8. The number of alkyl halides is 3. The summed E-state index contributed by atoms with van der Waals surface area (Å²) in [5.74, 6) is -0.0800. The molecule has 0 unspecified atom stereocenters. The molecule has 0 bridgehead atoms. The van der Waals surface area contributed by atoms with Gasteiger partial charge in [0.1, 0.15) is 5.75 Å². The van der Waals surface area contributed by atoms with Crippen LogP contribution in [0.4, 0.5) is 13.2 Å². The third-order valence-corrected chi connectivity index (χ3v) is 4.05. The summed E-state index contributed by atoms with van der Waals surface area (Å²) in [5.41, 5.74) is 2.12. The third-order valence-electron chi connectivity index (χ3n) is 3.16. The molecule has 132 valence electrons. The summed E-state index contributed by atoms with van der Waals surface area (Å²) >= 11 is 3.35. The second-order valence-electron chi connectivity index (χ2n) is 5.08. The van der Waals surface area contributed by atoms with Gasteiger partial charge in [0.25, 0.3) is 5.91 Å². The van der Waals surface area contributed by atoms with Gasteiger partial charge in [-0.3, -0.25) is 4.79 Å². The van der Waals surface area contributed by atoms with Crippen molar-refractivity contribution in [2.75, 3.05) is 6.61 Å². The summed E-state index contributed by atoms with van der Waals surface area (Å²) in [6.45, 7) is 1.57. The van der Waals surface area contributed by atoms with Crippen molar-refractivity contribution in [3.05, 3.63) is 63.6 Å². The largest absolute Gasteiger partial charge is 0.484 e. The molecule has 0 aliphatic heterocycles. The first-order valence-electron chi connectivity index (χ1n) is 7.14. The molecule has 0 aromatic heterocycles. The minimum atomic E-state index is -4.49. The molecular weight excluding hydrogens is 401 g/mol. The van der Waals surface area contributed by atoms with Gasteiger partial charge in [-0.1, -0.05) is 34.1 Å². The quantitative estimate of drug-likeness (QED) is 0.585. The molecule has 8 heteroatoms. The van der Waals surface area contributed by atoms with E-state index in [1.165, 1.54) is 18.2 Å². The van der Waals surface area contributed by atoms with E-state index >= 15 is 0 Å². The number of nitrogens with one attached hydrogen (secondary N) is 1. The van der Waals surface area contributed by atoms with Crippen molar-refractivity contribution < 1.29 is 22.7 Å². The average Bonchev–Trinajstić information content (AvgIpc) is 2.55. The van der Waals surface area contributed by atoms with Gasteiger partial charge in [-0.2, -0.15) is 18.3 Å². The lowest BCUT2D eigenvalue weighted by atomic mass is 10.1. The van der Waals surface area contributed by atoms with Crippen LogP contribution in [0, 0.1) is 6.92 Å². The summed E-state index contributed by atoms with van der Waals surface area (Å²) in [7, 11) is 0. The number of halogens is 4. The average molecular weight is 415 g/mol. The zero-order chi connectivity index (χ0) is 18.4. The number of aryl methyl sites for hydroxylation is 1. The molecule has 0 fully saturated rings. The van der Waals surface area contributed by atoms with E-state index in [9.17, 15) is 18.0 Å². The smallest absolute Gasteiger partial charge is 0.417 e. The van der Waals surface area contributed by atoms with Crippen LogP contribution in [0.15, 0.2) is 52.0 Å². The maximum absolute atomic E-state index is 12.8. The first-order valence-corrected chi connectivity index (χ1v) is 7.94. The zero-order valence-electron chi connectivity index (χ0n) is 13.1. The zero-order valence-corrected chi connectivity index (χ0v) is 14.7. The van der Waals surface area contributed by atoms with Gasteiger partial charge in [0.15, 0.2) is 6.61 Å². The Hall–Kier alpha value is -2.35. The van der Waals surface area contributed by atoms with Crippen molar-refractivity contribution in [1.82, 2.24) is 5.43 Å². The topological polar surface area (TPSA) is 50.7 Å². The molecule has 0 spiro atoms. The molecule has 2 aromatic carbocycles. The highest BCUT2D eigenvalue weighted by molar-refractivity contribution is 9.10. The number of ether oxygens (including phenoxy) is 1. The fourth-order valence-electron chi connectivity index (χ4n) is 1.93. The molecule has 2 rings (SSSR count). The molecule has 0 heterocycles. The highest BCUT2D eigenvalue weighted by Crippen LogP contribution is 2.31. The number of rotatable bonds is 5. The highest BCUT2D eigenvalue weighted by Gasteiger charge is 2.32. The Bertz CT molecular complexity index is 792. The summed E-state index contributed by atoms with van der Waals surface area (Å²) in [5, 5.41) is 3.55. The lowest BCUT2D eigenvalue weighted by Gasteiger charge is -2.09. The Kier molecular flexibility index (Phi) is 6.19. The lowest BCUT2D eigenvalue weighted by Crippen LogP contribution is -2.24. The van der Waals surface area contributed by atoms with Gasteiger partial charge < -0.3 is 4.74 Å². The van der Waals surface area contributed by atoms with Crippen molar-refractivity contribution >= 4 is 28.1 Å².